The van der Waals surface area contributed by atoms with Gasteiger partial charge in [-0.3, -0.25) is 0 Å². The minimum atomic E-state index is -1.74. The van der Waals surface area contributed by atoms with Crippen molar-refractivity contribution in [2.75, 3.05) is 0 Å². The molecule has 0 spiro atoms. The molecule has 2 atom stereocenters. The summed E-state index contributed by atoms with van der Waals surface area (Å²) in [6, 6.07) is 0. The number of hydrogen-bond acceptors (Lipinski definition) is 2. The zero-order valence-corrected chi connectivity index (χ0v) is 6.19. The molecular formula is C7H11FO2. The zero-order valence-electron chi connectivity index (χ0n) is 6.19. The highest BCUT2D eigenvalue weighted by atomic mass is 19.1. The van der Waals surface area contributed by atoms with Crippen LogP contribution in [0, 0.1) is 0 Å². The van der Waals surface area contributed by atoms with Crippen molar-refractivity contribution in [3.63, 3.8) is 0 Å². The highest BCUT2D eigenvalue weighted by Crippen LogP contribution is 2.29. The first-order valence-electron chi connectivity index (χ1n) is 3.46. The fourth-order valence-electron chi connectivity index (χ4n) is 1.05. The smallest absolute Gasteiger partial charge is 0.344 e. The Kier molecular flexibility index (Phi) is 1.67. The fourth-order valence-corrected chi connectivity index (χ4v) is 1.05. The van der Waals surface area contributed by atoms with E-state index in [0.717, 1.165) is 0 Å². The van der Waals surface area contributed by atoms with Crippen LogP contribution in [0.25, 0.3) is 0 Å². The summed E-state index contributed by atoms with van der Waals surface area (Å²) in [7, 11) is 0. The molecular weight excluding hydrogens is 135 g/mol. The maximum atomic E-state index is 13.0. The molecule has 10 heavy (non-hydrogen) atoms. The number of ether oxygens (including phenoxy) is 1. The molecule has 1 saturated heterocycles. The van der Waals surface area contributed by atoms with Gasteiger partial charge >= 0.3 is 5.97 Å². The monoisotopic (exact) mass is 146 g/mol. The third kappa shape index (κ3) is 1.13. The van der Waals surface area contributed by atoms with Crippen LogP contribution in [0.15, 0.2) is 0 Å². The minimum Gasteiger partial charge on any atom is -0.460 e. The first-order valence-corrected chi connectivity index (χ1v) is 3.46. The van der Waals surface area contributed by atoms with Gasteiger partial charge < -0.3 is 4.74 Å². The maximum Gasteiger partial charge on any atom is 0.344 e. The summed E-state index contributed by atoms with van der Waals surface area (Å²) in [5.41, 5.74) is -1.74. The van der Waals surface area contributed by atoms with Crippen LogP contribution in [-0.4, -0.2) is 17.7 Å². The van der Waals surface area contributed by atoms with E-state index in [4.69, 9.17) is 4.74 Å². The Bertz CT molecular complexity index is 154. The van der Waals surface area contributed by atoms with Crippen LogP contribution in [0.1, 0.15) is 26.7 Å². The van der Waals surface area contributed by atoms with Crippen LogP contribution in [0.4, 0.5) is 4.39 Å². The molecule has 0 aromatic heterocycles. The lowest BCUT2D eigenvalue weighted by molar-refractivity contribution is -0.149. The van der Waals surface area contributed by atoms with E-state index in [1.807, 2.05) is 6.92 Å². The van der Waals surface area contributed by atoms with Gasteiger partial charge in [-0.2, -0.15) is 0 Å². The summed E-state index contributed by atoms with van der Waals surface area (Å²) in [6.45, 7) is 3.14. The van der Waals surface area contributed by atoms with Crippen LogP contribution in [-0.2, 0) is 9.53 Å². The molecule has 3 heteroatoms. The summed E-state index contributed by atoms with van der Waals surface area (Å²) < 4.78 is 17.7. The lowest BCUT2D eigenvalue weighted by Gasteiger charge is -2.04. The number of cyclic esters (lactones) is 1. The zero-order chi connectivity index (χ0) is 7.78. The summed E-state index contributed by atoms with van der Waals surface area (Å²) in [6.07, 6.45) is 0.704. The van der Waals surface area contributed by atoms with Crippen molar-refractivity contribution < 1.29 is 13.9 Å². The molecule has 1 rings (SSSR count). The second-order valence-electron chi connectivity index (χ2n) is 2.84. The number of esters is 1. The molecule has 2 nitrogen and oxygen atoms in total. The van der Waals surface area contributed by atoms with Gasteiger partial charge in [-0.1, -0.05) is 6.92 Å². The van der Waals surface area contributed by atoms with Crippen LogP contribution >= 0.6 is 0 Å². The topological polar surface area (TPSA) is 26.3 Å². The van der Waals surface area contributed by atoms with Gasteiger partial charge in [0.1, 0.15) is 6.10 Å². The van der Waals surface area contributed by atoms with Gasteiger partial charge in [0.25, 0.3) is 0 Å². The average Bonchev–Trinajstić information content (AvgIpc) is 2.08. The van der Waals surface area contributed by atoms with E-state index in [1.165, 1.54) is 6.92 Å². The number of rotatable bonds is 1. The molecule has 0 aliphatic carbocycles. The van der Waals surface area contributed by atoms with Gasteiger partial charge in [-0.25, -0.2) is 9.18 Å². The SMILES string of the molecule is CCC1C[C@@](C)(F)C(=O)O1. The van der Waals surface area contributed by atoms with E-state index in [-0.39, 0.29) is 12.5 Å². The maximum absolute atomic E-state index is 13.0. The second-order valence-corrected chi connectivity index (χ2v) is 2.84. The molecule has 0 radical (unpaired) electrons. The van der Waals surface area contributed by atoms with Crippen LogP contribution in [0.2, 0.25) is 0 Å². The van der Waals surface area contributed by atoms with Crippen LogP contribution < -0.4 is 0 Å². The lowest BCUT2D eigenvalue weighted by atomic mass is 10.0. The van der Waals surface area contributed by atoms with Crippen molar-refractivity contribution in [2.45, 2.75) is 38.5 Å². The molecule has 0 aromatic rings. The van der Waals surface area contributed by atoms with Gasteiger partial charge in [-0.05, 0) is 13.3 Å². The number of carbonyl (C=O) groups is 1. The van der Waals surface area contributed by atoms with Gasteiger partial charge in [-0.15, -0.1) is 0 Å². The van der Waals surface area contributed by atoms with Gasteiger partial charge in [0.15, 0.2) is 0 Å². The molecule has 58 valence electrons. The average molecular weight is 146 g/mol. The predicted molar refractivity (Wildman–Crippen MR) is 34.3 cm³/mol. The van der Waals surface area contributed by atoms with Gasteiger partial charge in [0.2, 0.25) is 5.67 Å². The lowest BCUT2D eigenvalue weighted by Crippen LogP contribution is -2.23. The molecule has 0 bridgehead atoms. The van der Waals surface area contributed by atoms with Crippen molar-refractivity contribution in [1.82, 2.24) is 0 Å². The molecule has 1 unspecified atom stereocenters. The Morgan fingerprint density at radius 3 is 2.70 bits per heavy atom. The van der Waals surface area contributed by atoms with Gasteiger partial charge in [0.05, 0.1) is 0 Å². The largest absolute Gasteiger partial charge is 0.460 e. The first kappa shape index (κ1) is 7.51. The van der Waals surface area contributed by atoms with E-state index < -0.39 is 11.6 Å². The van der Waals surface area contributed by atoms with Crippen molar-refractivity contribution in [1.29, 1.82) is 0 Å². The van der Waals surface area contributed by atoms with Gasteiger partial charge in [0, 0.05) is 6.42 Å². The van der Waals surface area contributed by atoms with Crippen molar-refractivity contribution >= 4 is 5.97 Å². The van der Waals surface area contributed by atoms with Crippen molar-refractivity contribution in [2.24, 2.45) is 0 Å². The summed E-state index contributed by atoms with van der Waals surface area (Å²) in [5.74, 6) is -0.709. The van der Waals surface area contributed by atoms with E-state index in [0.29, 0.717) is 6.42 Å². The van der Waals surface area contributed by atoms with E-state index in [1.54, 1.807) is 0 Å². The molecule has 0 saturated carbocycles. The fraction of sp³-hybridized carbons (Fsp3) is 0.857. The Morgan fingerprint density at radius 2 is 2.50 bits per heavy atom. The Morgan fingerprint density at radius 1 is 1.90 bits per heavy atom. The van der Waals surface area contributed by atoms with Crippen LogP contribution in [0.5, 0.6) is 0 Å². The number of alkyl halides is 1. The quantitative estimate of drug-likeness (QED) is 0.523. The first-order chi connectivity index (χ1) is 4.56. The number of hydrogen-bond donors (Lipinski definition) is 0. The highest BCUT2D eigenvalue weighted by molar-refractivity contribution is 5.81. The van der Waals surface area contributed by atoms with Crippen molar-refractivity contribution in [3.8, 4) is 0 Å². The normalized spacial score (nSPS) is 39.9. The van der Waals surface area contributed by atoms with Crippen molar-refractivity contribution in [3.05, 3.63) is 0 Å². The molecule has 1 aliphatic rings. The second kappa shape index (κ2) is 2.22. The molecule has 1 fully saturated rings. The third-order valence-corrected chi connectivity index (χ3v) is 1.77. The standard InChI is InChI=1S/C7H11FO2/c1-3-5-4-7(2,8)6(9)10-5/h5H,3-4H2,1-2H3/t5?,7-/m1/s1. The number of carbonyl (C=O) groups excluding carboxylic acids is 1. The summed E-state index contributed by atoms with van der Waals surface area (Å²) in [4.78, 5) is 10.7. The molecule has 0 amide bonds. The van der Waals surface area contributed by atoms with Crippen LogP contribution in [0.3, 0.4) is 0 Å². The Hall–Kier alpha value is -0.600. The highest BCUT2D eigenvalue weighted by Gasteiger charge is 2.44. The third-order valence-electron chi connectivity index (χ3n) is 1.77. The predicted octanol–water partition coefficient (Wildman–Crippen LogP) is 1.44. The van der Waals surface area contributed by atoms with E-state index in [9.17, 15) is 9.18 Å². The molecule has 1 heterocycles. The molecule has 1 aliphatic heterocycles. The Labute approximate surface area is 59.4 Å². The molecule has 0 aromatic carbocycles. The molecule has 0 N–H and O–H groups in total. The van der Waals surface area contributed by atoms with E-state index in [2.05, 4.69) is 0 Å². The van der Waals surface area contributed by atoms with E-state index >= 15 is 0 Å². The minimum absolute atomic E-state index is 0.206. The summed E-state index contributed by atoms with van der Waals surface area (Å²) >= 11 is 0. The Balaban J connectivity index is 2.62. The number of halogens is 1. The summed E-state index contributed by atoms with van der Waals surface area (Å²) in [5, 5.41) is 0.